The summed E-state index contributed by atoms with van der Waals surface area (Å²) in [5, 5.41) is 1.70. The molecule has 2 N–H and O–H groups in total. The number of aromatic nitrogens is 1. The lowest BCUT2D eigenvalue weighted by molar-refractivity contribution is 1.06. The summed E-state index contributed by atoms with van der Waals surface area (Å²) in [6, 6.07) is 7.55. The molecule has 0 unspecified atom stereocenters. The molecule has 0 radical (unpaired) electrons. The highest BCUT2D eigenvalue weighted by atomic mass is 35.5. The van der Waals surface area contributed by atoms with Crippen LogP contribution in [-0.2, 0) is 6.42 Å². The van der Waals surface area contributed by atoms with Crippen LogP contribution in [0, 0.1) is 0 Å². The molecule has 0 atom stereocenters. The fourth-order valence-corrected chi connectivity index (χ4v) is 1.67. The van der Waals surface area contributed by atoms with Gasteiger partial charge in [-0.05, 0) is 30.7 Å². The van der Waals surface area contributed by atoms with Gasteiger partial charge in [-0.15, -0.1) is 0 Å². The Morgan fingerprint density at radius 3 is 2.86 bits per heavy atom. The molecule has 72 valence electrons. The van der Waals surface area contributed by atoms with Gasteiger partial charge in [0.25, 0.3) is 0 Å². The smallest absolute Gasteiger partial charge is 0.0708 e. The van der Waals surface area contributed by atoms with Crippen LogP contribution in [0.1, 0.15) is 12.6 Å². The van der Waals surface area contributed by atoms with E-state index in [1.54, 1.807) is 0 Å². The monoisotopic (exact) mass is 206 g/mol. The molecule has 0 bridgehead atoms. The predicted octanol–water partition coefficient (Wildman–Crippen LogP) is 3.03. The maximum atomic E-state index is 5.88. The number of hydrogen-bond donors (Lipinski definition) is 1. The molecule has 0 amide bonds. The number of nitrogens with zero attached hydrogens (tertiary/aromatic N) is 1. The average Bonchev–Trinajstić information content (AvgIpc) is 2.16. The Morgan fingerprint density at radius 1 is 1.36 bits per heavy atom. The highest BCUT2D eigenvalue weighted by molar-refractivity contribution is 6.31. The number of halogens is 1. The fraction of sp³-hybridized carbons (Fsp3) is 0.182. The van der Waals surface area contributed by atoms with Crippen molar-refractivity contribution in [1.29, 1.82) is 0 Å². The van der Waals surface area contributed by atoms with Gasteiger partial charge in [-0.3, -0.25) is 4.98 Å². The first-order valence-corrected chi connectivity index (χ1v) is 4.93. The van der Waals surface area contributed by atoms with Crippen LogP contribution in [-0.4, -0.2) is 4.98 Å². The van der Waals surface area contributed by atoms with Crippen molar-refractivity contribution in [3.8, 4) is 0 Å². The Bertz CT molecular complexity index is 480. The lowest BCUT2D eigenvalue weighted by Gasteiger charge is -2.04. The summed E-state index contributed by atoms with van der Waals surface area (Å²) in [5.74, 6) is 0. The zero-order chi connectivity index (χ0) is 10.1. The van der Waals surface area contributed by atoms with Crippen molar-refractivity contribution >= 4 is 28.2 Å². The van der Waals surface area contributed by atoms with E-state index in [1.165, 1.54) is 0 Å². The van der Waals surface area contributed by atoms with Gasteiger partial charge in [-0.25, -0.2) is 0 Å². The molecule has 0 spiro atoms. The Morgan fingerprint density at radius 2 is 2.14 bits per heavy atom. The summed E-state index contributed by atoms with van der Waals surface area (Å²) in [5.41, 5.74) is 8.47. The highest BCUT2D eigenvalue weighted by Gasteiger charge is 2.02. The van der Waals surface area contributed by atoms with E-state index >= 15 is 0 Å². The third kappa shape index (κ3) is 1.53. The van der Waals surface area contributed by atoms with Crippen LogP contribution in [0.15, 0.2) is 24.3 Å². The van der Waals surface area contributed by atoms with Gasteiger partial charge < -0.3 is 5.73 Å². The molecule has 1 aromatic carbocycles. The molecular weight excluding hydrogens is 196 g/mol. The van der Waals surface area contributed by atoms with Crippen LogP contribution in [0.5, 0.6) is 0 Å². The van der Waals surface area contributed by atoms with Gasteiger partial charge in [0.15, 0.2) is 0 Å². The van der Waals surface area contributed by atoms with Crippen LogP contribution < -0.4 is 5.73 Å². The van der Waals surface area contributed by atoms with Gasteiger partial charge in [0.05, 0.1) is 16.9 Å². The van der Waals surface area contributed by atoms with Crippen LogP contribution >= 0.6 is 11.6 Å². The van der Waals surface area contributed by atoms with Crippen molar-refractivity contribution in [2.45, 2.75) is 13.3 Å². The molecule has 1 heterocycles. The fourth-order valence-electron chi connectivity index (χ4n) is 1.49. The Balaban J connectivity index is 2.73. The summed E-state index contributed by atoms with van der Waals surface area (Å²) in [7, 11) is 0. The number of aryl methyl sites for hydroxylation is 1. The largest absolute Gasteiger partial charge is 0.397 e. The first-order chi connectivity index (χ1) is 6.70. The van der Waals surface area contributed by atoms with Crippen molar-refractivity contribution in [2.24, 2.45) is 0 Å². The third-order valence-corrected chi connectivity index (χ3v) is 2.46. The maximum Gasteiger partial charge on any atom is 0.0708 e. The molecule has 3 heteroatoms. The second-order valence-electron chi connectivity index (χ2n) is 3.21. The minimum Gasteiger partial charge on any atom is -0.397 e. The molecule has 0 fully saturated rings. The topological polar surface area (TPSA) is 38.9 Å². The summed E-state index contributed by atoms with van der Waals surface area (Å²) in [6.07, 6.45) is 0.852. The number of rotatable bonds is 1. The molecule has 14 heavy (non-hydrogen) atoms. The first-order valence-electron chi connectivity index (χ1n) is 4.55. The molecule has 0 aliphatic rings. The number of fused-ring (bicyclic) bond motifs is 1. The van der Waals surface area contributed by atoms with Gasteiger partial charge in [0.2, 0.25) is 0 Å². The molecule has 2 nitrogen and oxygen atoms in total. The maximum absolute atomic E-state index is 5.88. The van der Waals surface area contributed by atoms with E-state index < -0.39 is 0 Å². The normalized spacial score (nSPS) is 10.7. The van der Waals surface area contributed by atoms with Crippen molar-refractivity contribution < 1.29 is 0 Å². The highest BCUT2D eigenvalue weighted by Crippen LogP contribution is 2.22. The third-order valence-electron chi connectivity index (χ3n) is 2.22. The van der Waals surface area contributed by atoms with Crippen LogP contribution in [0.3, 0.4) is 0 Å². The van der Waals surface area contributed by atoms with Crippen LogP contribution in [0.4, 0.5) is 5.69 Å². The Kier molecular flexibility index (Phi) is 2.30. The van der Waals surface area contributed by atoms with Crippen molar-refractivity contribution in [3.05, 3.63) is 35.0 Å². The number of nitrogen functional groups attached to an aromatic ring is 1. The quantitative estimate of drug-likeness (QED) is 0.779. The zero-order valence-electron chi connectivity index (χ0n) is 7.92. The first kappa shape index (κ1) is 9.28. The number of pyridine rings is 1. The van der Waals surface area contributed by atoms with Gasteiger partial charge in [0.1, 0.15) is 0 Å². The number of nitrogens with two attached hydrogens (primary N) is 1. The summed E-state index contributed by atoms with van der Waals surface area (Å²) in [4.78, 5) is 4.45. The minimum absolute atomic E-state index is 0.711. The summed E-state index contributed by atoms with van der Waals surface area (Å²) in [6.45, 7) is 2.04. The molecule has 0 saturated heterocycles. The van der Waals surface area contributed by atoms with Gasteiger partial charge in [0, 0.05) is 10.4 Å². The van der Waals surface area contributed by atoms with Crippen LogP contribution in [0.2, 0.25) is 5.02 Å². The lowest BCUT2D eigenvalue weighted by Crippen LogP contribution is -1.96. The number of hydrogen-bond acceptors (Lipinski definition) is 2. The minimum atomic E-state index is 0.711. The molecular formula is C11H11ClN2. The van der Waals surface area contributed by atoms with Crippen molar-refractivity contribution in [2.75, 3.05) is 5.73 Å². The molecule has 1 aromatic heterocycles. The van der Waals surface area contributed by atoms with E-state index in [1.807, 2.05) is 31.2 Å². The predicted molar refractivity (Wildman–Crippen MR) is 60.5 cm³/mol. The lowest BCUT2D eigenvalue weighted by atomic mass is 10.1. The summed E-state index contributed by atoms with van der Waals surface area (Å²) < 4.78 is 0. The molecule has 2 rings (SSSR count). The Hall–Kier alpha value is -1.28. The van der Waals surface area contributed by atoms with Crippen LogP contribution in [0.25, 0.3) is 10.9 Å². The van der Waals surface area contributed by atoms with E-state index in [0.717, 1.165) is 28.7 Å². The second kappa shape index (κ2) is 3.46. The van der Waals surface area contributed by atoms with E-state index in [4.69, 9.17) is 17.3 Å². The summed E-state index contributed by atoms with van der Waals surface area (Å²) >= 11 is 5.88. The molecule has 0 saturated carbocycles. The van der Waals surface area contributed by atoms with Gasteiger partial charge in [-0.2, -0.15) is 0 Å². The molecule has 2 aromatic rings. The molecule has 0 aliphatic carbocycles. The Labute approximate surface area is 87.7 Å². The number of benzene rings is 1. The van der Waals surface area contributed by atoms with E-state index in [9.17, 15) is 0 Å². The van der Waals surface area contributed by atoms with E-state index in [0.29, 0.717) is 5.02 Å². The van der Waals surface area contributed by atoms with Crippen molar-refractivity contribution in [1.82, 2.24) is 4.98 Å². The molecule has 0 aliphatic heterocycles. The van der Waals surface area contributed by atoms with E-state index in [2.05, 4.69) is 4.98 Å². The second-order valence-corrected chi connectivity index (χ2v) is 3.65. The van der Waals surface area contributed by atoms with E-state index in [-0.39, 0.29) is 0 Å². The number of anilines is 1. The zero-order valence-corrected chi connectivity index (χ0v) is 8.67. The average molecular weight is 207 g/mol. The van der Waals surface area contributed by atoms with Gasteiger partial charge >= 0.3 is 0 Å². The standard InChI is InChI=1S/C11H11ClN2/c1-2-10-9(13)6-7-5-8(12)3-4-11(7)14-10/h3-6H,2,13H2,1H3. The van der Waals surface area contributed by atoms with Gasteiger partial charge in [-0.1, -0.05) is 18.5 Å². The van der Waals surface area contributed by atoms with Crippen molar-refractivity contribution in [3.63, 3.8) is 0 Å². The SMILES string of the molecule is CCc1nc2ccc(Cl)cc2cc1N.